The summed E-state index contributed by atoms with van der Waals surface area (Å²) < 4.78 is 7.21. The fourth-order valence-corrected chi connectivity index (χ4v) is 3.82. The summed E-state index contributed by atoms with van der Waals surface area (Å²) in [6.45, 7) is 0. The molecule has 5 nitrogen and oxygen atoms in total. The maximum atomic E-state index is 12.6. The van der Waals surface area contributed by atoms with Gasteiger partial charge in [0.1, 0.15) is 5.75 Å². The molecule has 6 heteroatoms. The molecule has 0 N–H and O–H groups in total. The molecule has 0 atom stereocenters. The van der Waals surface area contributed by atoms with Crippen LogP contribution in [0.1, 0.15) is 5.56 Å². The minimum absolute atomic E-state index is 0.0446. The van der Waals surface area contributed by atoms with E-state index >= 15 is 0 Å². The zero-order chi connectivity index (χ0) is 19.5. The molecule has 2 heterocycles. The molecular weight excluding hydrogens is 370 g/mol. The van der Waals surface area contributed by atoms with Gasteiger partial charge in [-0.15, -0.1) is 0 Å². The third-order valence-corrected chi connectivity index (χ3v) is 5.43. The number of methoxy groups -OCH3 is 1. The molecule has 0 spiro atoms. The van der Waals surface area contributed by atoms with Crippen LogP contribution in [0, 0.1) is 0 Å². The molecule has 1 aliphatic rings. The Balaban J connectivity index is 1.56. The second-order valence-corrected chi connectivity index (χ2v) is 7.26. The monoisotopic (exact) mass is 389 g/mol. The molecule has 0 unspecified atom stereocenters. The number of thioether (sulfide) groups is 1. The van der Waals surface area contributed by atoms with E-state index in [1.165, 1.54) is 11.8 Å². The largest absolute Gasteiger partial charge is 0.497 e. The van der Waals surface area contributed by atoms with Crippen molar-refractivity contribution in [1.29, 1.82) is 0 Å². The standard InChI is InChI=1S/C22H19N3O2S/c1-24-21(26)20(28-22(24)23-17-6-4-3-5-7-17)14-16-12-13-25(15-16)18-8-10-19(27-2)11-9-18/h3-15H,1-2H3/b20-14+,23-22?. The van der Waals surface area contributed by atoms with Crippen LogP contribution in [-0.2, 0) is 4.79 Å². The smallest absolute Gasteiger partial charge is 0.266 e. The number of hydrogen-bond donors (Lipinski definition) is 0. The van der Waals surface area contributed by atoms with Crippen LogP contribution in [0.4, 0.5) is 5.69 Å². The number of para-hydroxylation sites is 1. The van der Waals surface area contributed by atoms with E-state index in [1.807, 2.05) is 83.7 Å². The number of aliphatic imine (C=N–C) groups is 1. The molecule has 4 rings (SSSR count). The van der Waals surface area contributed by atoms with Crippen molar-refractivity contribution in [2.24, 2.45) is 4.99 Å². The van der Waals surface area contributed by atoms with Crippen molar-refractivity contribution in [2.45, 2.75) is 0 Å². The van der Waals surface area contributed by atoms with Crippen LogP contribution in [0.15, 0.2) is 83.0 Å². The van der Waals surface area contributed by atoms with Crippen LogP contribution in [0.3, 0.4) is 0 Å². The van der Waals surface area contributed by atoms with Gasteiger partial charge in [0.25, 0.3) is 5.91 Å². The Morgan fingerprint density at radius 2 is 1.79 bits per heavy atom. The lowest BCUT2D eigenvalue weighted by Gasteiger charge is -2.06. The first kappa shape index (κ1) is 18.1. The molecule has 140 valence electrons. The van der Waals surface area contributed by atoms with E-state index in [9.17, 15) is 4.79 Å². The van der Waals surface area contributed by atoms with Crippen molar-refractivity contribution < 1.29 is 9.53 Å². The number of amidine groups is 1. The van der Waals surface area contributed by atoms with Crippen molar-refractivity contribution in [3.8, 4) is 11.4 Å². The predicted molar refractivity (Wildman–Crippen MR) is 114 cm³/mol. The highest BCUT2D eigenvalue weighted by molar-refractivity contribution is 8.18. The summed E-state index contributed by atoms with van der Waals surface area (Å²) in [6.07, 6.45) is 5.87. The van der Waals surface area contributed by atoms with Crippen LogP contribution in [0.5, 0.6) is 5.75 Å². The molecule has 1 fully saturated rings. The van der Waals surface area contributed by atoms with Crippen LogP contribution in [0.25, 0.3) is 11.8 Å². The van der Waals surface area contributed by atoms with Crippen molar-refractivity contribution in [3.63, 3.8) is 0 Å². The van der Waals surface area contributed by atoms with Gasteiger partial charge in [0.15, 0.2) is 5.17 Å². The number of ether oxygens (including phenoxy) is 1. The second-order valence-electron chi connectivity index (χ2n) is 6.25. The Bertz CT molecular complexity index is 1050. The Morgan fingerprint density at radius 3 is 2.50 bits per heavy atom. The molecule has 1 aliphatic heterocycles. The number of carbonyl (C=O) groups excluding carboxylic acids is 1. The number of hydrogen-bond acceptors (Lipinski definition) is 4. The van der Waals surface area contributed by atoms with Gasteiger partial charge >= 0.3 is 0 Å². The van der Waals surface area contributed by atoms with Gasteiger partial charge in [0, 0.05) is 25.1 Å². The number of aromatic nitrogens is 1. The van der Waals surface area contributed by atoms with E-state index in [-0.39, 0.29) is 5.91 Å². The molecule has 2 aromatic carbocycles. The molecular formula is C22H19N3O2S. The van der Waals surface area contributed by atoms with Gasteiger partial charge in [-0.2, -0.15) is 0 Å². The van der Waals surface area contributed by atoms with Crippen molar-refractivity contribution in [1.82, 2.24) is 9.47 Å². The lowest BCUT2D eigenvalue weighted by molar-refractivity contribution is -0.121. The van der Waals surface area contributed by atoms with E-state index in [0.29, 0.717) is 10.1 Å². The number of nitrogens with zero attached hydrogens (tertiary/aromatic N) is 3. The lowest BCUT2D eigenvalue weighted by atomic mass is 10.3. The maximum Gasteiger partial charge on any atom is 0.266 e. The first-order valence-corrected chi connectivity index (χ1v) is 9.59. The number of amides is 1. The van der Waals surface area contributed by atoms with Crippen LogP contribution < -0.4 is 4.74 Å². The Hall–Kier alpha value is -3.25. The SMILES string of the molecule is COc1ccc(-n2ccc(/C=C3/SC(=Nc4ccccc4)N(C)C3=O)c2)cc1. The van der Waals surface area contributed by atoms with Gasteiger partial charge in [-0.05, 0) is 65.9 Å². The summed E-state index contributed by atoms with van der Waals surface area (Å²) >= 11 is 1.39. The predicted octanol–water partition coefficient (Wildman–Crippen LogP) is 4.72. The van der Waals surface area contributed by atoms with Crippen LogP contribution >= 0.6 is 11.8 Å². The summed E-state index contributed by atoms with van der Waals surface area (Å²) in [5.41, 5.74) is 2.82. The average molecular weight is 389 g/mol. The minimum Gasteiger partial charge on any atom is -0.497 e. The van der Waals surface area contributed by atoms with Crippen LogP contribution in [-0.4, -0.2) is 34.7 Å². The Labute approximate surface area is 168 Å². The van der Waals surface area contributed by atoms with E-state index in [0.717, 1.165) is 22.7 Å². The zero-order valence-corrected chi connectivity index (χ0v) is 16.4. The summed E-state index contributed by atoms with van der Waals surface area (Å²) in [7, 11) is 3.40. The quantitative estimate of drug-likeness (QED) is 0.607. The molecule has 1 aromatic heterocycles. The first-order chi connectivity index (χ1) is 13.6. The summed E-state index contributed by atoms with van der Waals surface area (Å²) in [5, 5.41) is 0.678. The highest BCUT2D eigenvalue weighted by Gasteiger charge is 2.30. The van der Waals surface area contributed by atoms with Crippen molar-refractivity contribution >= 4 is 34.6 Å². The fourth-order valence-electron chi connectivity index (χ4n) is 2.83. The zero-order valence-electron chi connectivity index (χ0n) is 15.6. The highest BCUT2D eigenvalue weighted by atomic mass is 32.2. The summed E-state index contributed by atoms with van der Waals surface area (Å²) in [5.74, 6) is 0.774. The van der Waals surface area contributed by atoms with E-state index in [1.54, 1.807) is 19.1 Å². The molecule has 0 saturated carbocycles. The Kier molecular flexibility index (Phi) is 5.04. The topological polar surface area (TPSA) is 46.8 Å². The van der Waals surface area contributed by atoms with Gasteiger partial charge in [-0.3, -0.25) is 9.69 Å². The molecule has 1 amide bonds. The number of rotatable bonds is 4. The fraction of sp³-hybridized carbons (Fsp3) is 0.0909. The van der Waals surface area contributed by atoms with Crippen molar-refractivity contribution in [2.75, 3.05) is 14.2 Å². The average Bonchev–Trinajstić information content (AvgIpc) is 3.30. The molecule has 0 radical (unpaired) electrons. The molecule has 0 aliphatic carbocycles. The van der Waals surface area contributed by atoms with Gasteiger partial charge in [-0.25, -0.2) is 4.99 Å². The molecule has 0 bridgehead atoms. The van der Waals surface area contributed by atoms with Gasteiger partial charge in [-0.1, -0.05) is 18.2 Å². The highest BCUT2D eigenvalue weighted by Crippen LogP contribution is 2.33. The Morgan fingerprint density at radius 1 is 1.04 bits per heavy atom. The van der Waals surface area contributed by atoms with Crippen LogP contribution in [0.2, 0.25) is 0 Å². The van der Waals surface area contributed by atoms with E-state index in [2.05, 4.69) is 4.99 Å². The van der Waals surface area contributed by atoms with E-state index in [4.69, 9.17) is 4.74 Å². The normalized spacial score (nSPS) is 16.9. The first-order valence-electron chi connectivity index (χ1n) is 8.78. The number of carbonyl (C=O) groups is 1. The van der Waals surface area contributed by atoms with E-state index < -0.39 is 0 Å². The lowest BCUT2D eigenvalue weighted by Crippen LogP contribution is -2.23. The van der Waals surface area contributed by atoms with Gasteiger partial charge < -0.3 is 9.30 Å². The van der Waals surface area contributed by atoms with Crippen molar-refractivity contribution in [3.05, 3.63) is 83.5 Å². The molecule has 3 aromatic rings. The number of likely N-dealkylation sites (N-methyl/N-ethyl adjacent to an activating group) is 1. The van der Waals surface area contributed by atoms with Gasteiger partial charge in [0.2, 0.25) is 0 Å². The summed E-state index contributed by atoms with van der Waals surface area (Å²) in [6, 6.07) is 19.4. The minimum atomic E-state index is -0.0446. The second kappa shape index (κ2) is 7.78. The van der Waals surface area contributed by atoms with Gasteiger partial charge in [0.05, 0.1) is 17.7 Å². The molecule has 1 saturated heterocycles. The maximum absolute atomic E-state index is 12.6. The summed E-state index contributed by atoms with van der Waals surface area (Å²) in [4.78, 5) is 19.4. The molecule has 28 heavy (non-hydrogen) atoms. The number of benzene rings is 2. The third-order valence-electron chi connectivity index (χ3n) is 4.37. The third kappa shape index (κ3) is 3.73.